The first kappa shape index (κ1) is 13.3. The molecule has 0 aliphatic heterocycles. The van der Waals surface area contributed by atoms with E-state index in [0.29, 0.717) is 19.3 Å². The van der Waals surface area contributed by atoms with Gasteiger partial charge in [0.1, 0.15) is 6.29 Å². The molecular weight excluding hydrogens is 231 g/mol. The number of hydrogen-bond acceptors (Lipinski definition) is 2. The number of aldehydes is 1. The van der Waals surface area contributed by atoms with Gasteiger partial charge < -0.3 is 5.73 Å². The van der Waals surface area contributed by atoms with Crippen LogP contribution in [0.3, 0.4) is 0 Å². The molecule has 0 heterocycles. The lowest BCUT2D eigenvalue weighted by molar-refractivity contribution is -0.137. The van der Waals surface area contributed by atoms with E-state index in [1.54, 1.807) is 0 Å². The van der Waals surface area contributed by atoms with Crippen molar-refractivity contribution in [2.24, 2.45) is 5.73 Å². The third-order valence-electron chi connectivity index (χ3n) is 1.98. The van der Waals surface area contributed by atoms with Crippen LogP contribution in [0.1, 0.15) is 27.9 Å². The molecule has 0 amide bonds. The summed E-state index contributed by atoms with van der Waals surface area (Å²) in [6.45, 7) is 0.292. The van der Waals surface area contributed by atoms with Crippen molar-refractivity contribution >= 4 is 6.29 Å². The Morgan fingerprint density at radius 3 is 2.59 bits per heavy atom. The van der Waals surface area contributed by atoms with E-state index in [9.17, 15) is 18.0 Å². The normalized spacial score (nSPS) is 10.6. The number of halogens is 3. The SMILES string of the molecule is NCCC#Cc1ccc(C=O)cc1C(F)(F)F. The van der Waals surface area contributed by atoms with Gasteiger partial charge in [-0.05, 0) is 12.1 Å². The Morgan fingerprint density at radius 1 is 1.35 bits per heavy atom. The van der Waals surface area contributed by atoms with Crippen LogP contribution in [0.5, 0.6) is 0 Å². The van der Waals surface area contributed by atoms with Crippen LogP contribution < -0.4 is 5.73 Å². The average Bonchev–Trinajstić information content (AvgIpc) is 2.28. The van der Waals surface area contributed by atoms with Crippen LogP contribution in [0.25, 0.3) is 0 Å². The molecule has 1 rings (SSSR count). The minimum absolute atomic E-state index is 0.0262. The molecule has 0 radical (unpaired) electrons. The van der Waals surface area contributed by atoms with Crippen LogP contribution in [0.15, 0.2) is 18.2 Å². The van der Waals surface area contributed by atoms with Gasteiger partial charge in [-0.3, -0.25) is 4.79 Å². The second-order valence-electron chi connectivity index (χ2n) is 3.26. The van der Waals surface area contributed by atoms with Gasteiger partial charge in [-0.1, -0.05) is 17.9 Å². The maximum absolute atomic E-state index is 12.7. The van der Waals surface area contributed by atoms with E-state index < -0.39 is 11.7 Å². The smallest absolute Gasteiger partial charge is 0.330 e. The predicted octanol–water partition coefficient (Wildman–Crippen LogP) is 2.22. The number of carbonyl (C=O) groups excluding carboxylic acids is 1. The van der Waals surface area contributed by atoms with E-state index in [1.165, 1.54) is 12.1 Å². The van der Waals surface area contributed by atoms with E-state index in [2.05, 4.69) is 11.8 Å². The molecular formula is C12H10F3NO. The number of benzene rings is 1. The van der Waals surface area contributed by atoms with Crippen LogP contribution in [0, 0.1) is 11.8 Å². The molecule has 90 valence electrons. The van der Waals surface area contributed by atoms with Gasteiger partial charge in [0.25, 0.3) is 0 Å². The van der Waals surface area contributed by atoms with E-state index in [0.717, 1.165) is 6.07 Å². The van der Waals surface area contributed by atoms with E-state index in [1.807, 2.05) is 0 Å². The molecule has 0 fully saturated rings. The van der Waals surface area contributed by atoms with Crippen molar-refractivity contribution in [1.29, 1.82) is 0 Å². The zero-order valence-electron chi connectivity index (χ0n) is 8.84. The molecule has 17 heavy (non-hydrogen) atoms. The average molecular weight is 241 g/mol. The monoisotopic (exact) mass is 241 g/mol. The first-order valence-electron chi connectivity index (χ1n) is 4.84. The van der Waals surface area contributed by atoms with Crippen molar-refractivity contribution in [3.05, 3.63) is 34.9 Å². The van der Waals surface area contributed by atoms with E-state index in [-0.39, 0.29) is 11.1 Å². The van der Waals surface area contributed by atoms with Crippen LogP contribution >= 0.6 is 0 Å². The zero-order valence-corrected chi connectivity index (χ0v) is 8.84. The molecule has 0 unspecified atom stereocenters. The summed E-state index contributed by atoms with van der Waals surface area (Å²) < 4.78 is 38.0. The standard InChI is InChI=1S/C12H10F3NO/c13-12(14,15)11-7-9(8-17)4-5-10(11)3-1-2-6-16/h4-5,7-8H,2,6,16H2. The molecule has 0 bridgehead atoms. The molecule has 1 aromatic rings. The summed E-state index contributed by atoms with van der Waals surface area (Å²) in [6, 6.07) is 3.28. The Hall–Kier alpha value is -1.80. The molecule has 0 aliphatic carbocycles. The number of alkyl halides is 3. The van der Waals surface area contributed by atoms with Crippen LogP contribution in [-0.2, 0) is 6.18 Å². The molecule has 0 spiro atoms. The fourth-order valence-electron chi connectivity index (χ4n) is 1.21. The van der Waals surface area contributed by atoms with E-state index >= 15 is 0 Å². The van der Waals surface area contributed by atoms with Crippen molar-refractivity contribution in [3.8, 4) is 11.8 Å². The Labute approximate surface area is 96.6 Å². The maximum atomic E-state index is 12.7. The molecule has 0 aliphatic rings. The van der Waals surface area contributed by atoms with Gasteiger partial charge in [-0.2, -0.15) is 13.2 Å². The molecule has 0 saturated heterocycles. The minimum atomic E-state index is -4.52. The van der Waals surface area contributed by atoms with Gasteiger partial charge in [0, 0.05) is 24.1 Å². The first-order chi connectivity index (χ1) is 7.99. The summed E-state index contributed by atoms with van der Waals surface area (Å²) in [5, 5.41) is 0. The predicted molar refractivity (Wildman–Crippen MR) is 57.4 cm³/mol. The van der Waals surface area contributed by atoms with Crippen molar-refractivity contribution in [2.45, 2.75) is 12.6 Å². The van der Waals surface area contributed by atoms with Crippen molar-refractivity contribution in [2.75, 3.05) is 6.54 Å². The van der Waals surface area contributed by atoms with Gasteiger partial charge in [0.05, 0.1) is 5.56 Å². The lowest BCUT2D eigenvalue weighted by Crippen LogP contribution is -2.08. The van der Waals surface area contributed by atoms with Gasteiger partial charge >= 0.3 is 6.18 Å². The fourth-order valence-corrected chi connectivity index (χ4v) is 1.21. The summed E-state index contributed by atoms with van der Waals surface area (Å²) in [4.78, 5) is 10.4. The molecule has 2 N–H and O–H groups in total. The summed E-state index contributed by atoms with van der Waals surface area (Å²) in [5.74, 6) is 4.94. The van der Waals surface area contributed by atoms with Crippen LogP contribution in [-0.4, -0.2) is 12.8 Å². The molecule has 1 aromatic carbocycles. The first-order valence-corrected chi connectivity index (χ1v) is 4.84. The highest BCUT2D eigenvalue weighted by molar-refractivity contribution is 5.75. The number of rotatable bonds is 2. The molecule has 0 aromatic heterocycles. The molecule has 0 atom stereocenters. The Kier molecular flexibility index (Phi) is 4.30. The summed E-state index contributed by atoms with van der Waals surface area (Å²) in [6.07, 6.45) is -3.83. The minimum Gasteiger partial charge on any atom is -0.330 e. The quantitative estimate of drug-likeness (QED) is 0.637. The van der Waals surface area contributed by atoms with Crippen molar-refractivity contribution in [1.82, 2.24) is 0 Å². The second-order valence-corrected chi connectivity index (χ2v) is 3.26. The number of nitrogens with two attached hydrogens (primary N) is 1. The maximum Gasteiger partial charge on any atom is 0.417 e. The zero-order chi connectivity index (χ0) is 12.9. The summed E-state index contributed by atoms with van der Waals surface area (Å²) >= 11 is 0. The van der Waals surface area contributed by atoms with Gasteiger partial charge in [0.2, 0.25) is 0 Å². The third-order valence-corrected chi connectivity index (χ3v) is 1.98. The third kappa shape index (κ3) is 3.61. The Bertz CT molecular complexity index is 469. The number of hydrogen-bond donors (Lipinski definition) is 1. The van der Waals surface area contributed by atoms with E-state index in [4.69, 9.17) is 5.73 Å². The summed E-state index contributed by atoms with van der Waals surface area (Å²) in [5.41, 5.74) is 4.13. The van der Waals surface area contributed by atoms with Gasteiger partial charge in [-0.25, -0.2) is 0 Å². The van der Waals surface area contributed by atoms with Crippen molar-refractivity contribution < 1.29 is 18.0 Å². The van der Waals surface area contributed by atoms with Gasteiger partial charge in [-0.15, -0.1) is 0 Å². The van der Waals surface area contributed by atoms with Gasteiger partial charge in [0.15, 0.2) is 0 Å². The number of carbonyl (C=O) groups is 1. The summed E-state index contributed by atoms with van der Waals surface area (Å²) in [7, 11) is 0. The largest absolute Gasteiger partial charge is 0.417 e. The Morgan fingerprint density at radius 2 is 2.06 bits per heavy atom. The fraction of sp³-hybridized carbons (Fsp3) is 0.250. The highest BCUT2D eigenvalue weighted by atomic mass is 19.4. The lowest BCUT2D eigenvalue weighted by atomic mass is 10.0. The van der Waals surface area contributed by atoms with Crippen LogP contribution in [0.2, 0.25) is 0 Å². The van der Waals surface area contributed by atoms with Crippen molar-refractivity contribution in [3.63, 3.8) is 0 Å². The second kappa shape index (κ2) is 5.51. The van der Waals surface area contributed by atoms with Crippen LogP contribution in [0.4, 0.5) is 13.2 Å². The lowest BCUT2D eigenvalue weighted by Gasteiger charge is -2.09. The molecule has 2 nitrogen and oxygen atoms in total. The molecule has 0 saturated carbocycles. The highest BCUT2D eigenvalue weighted by Gasteiger charge is 2.33. The molecule has 5 heteroatoms. The Balaban J connectivity index is 3.22. The highest BCUT2D eigenvalue weighted by Crippen LogP contribution is 2.32. The topological polar surface area (TPSA) is 43.1 Å².